The van der Waals surface area contributed by atoms with Crippen molar-refractivity contribution >= 4 is 15.4 Å². The molecular weight excluding hydrogens is 142 g/mol. The van der Waals surface area contributed by atoms with Gasteiger partial charge in [0.1, 0.15) is 0 Å². The zero-order chi connectivity index (χ0) is 7.98. The van der Waals surface area contributed by atoms with E-state index in [1.54, 1.807) is 0 Å². The lowest BCUT2D eigenvalue weighted by Crippen LogP contribution is -2.13. The van der Waals surface area contributed by atoms with Crippen LogP contribution in [0.5, 0.6) is 0 Å². The summed E-state index contributed by atoms with van der Waals surface area (Å²) < 4.78 is 0. The van der Waals surface area contributed by atoms with E-state index in [4.69, 9.17) is 5.73 Å². The quantitative estimate of drug-likeness (QED) is 0.262. The molecule has 0 radical (unpaired) electrons. The molecular formula is C7H13NOSi. The van der Waals surface area contributed by atoms with Gasteiger partial charge in [0.15, 0.2) is 0 Å². The summed E-state index contributed by atoms with van der Waals surface area (Å²) in [5, 5.41) is 0. The minimum atomic E-state index is -0.364. The lowest BCUT2D eigenvalue weighted by molar-refractivity contribution is -0.114. The van der Waals surface area contributed by atoms with Crippen LogP contribution in [0.2, 0.25) is 12.1 Å². The van der Waals surface area contributed by atoms with Gasteiger partial charge in [-0.3, -0.25) is 4.79 Å². The Hall–Kier alpha value is -0.833. The zero-order valence-corrected chi connectivity index (χ0v) is 7.51. The molecule has 0 aliphatic rings. The smallest absolute Gasteiger partial charge is 0.243 e. The predicted octanol–water partition coefficient (Wildman–Crippen LogP) is 0.219. The van der Waals surface area contributed by atoms with Gasteiger partial charge in [0, 0.05) is 15.1 Å². The van der Waals surface area contributed by atoms with Crippen LogP contribution in [0.1, 0.15) is 0 Å². The number of amides is 1. The lowest BCUT2D eigenvalue weighted by atomic mass is 10.3. The van der Waals surface area contributed by atoms with Gasteiger partial charge in [0.05, 0.1) is 0 Å². The van der Waals surface area contributed by atoms with Crippen LogP contribution in [0.3, 0.4) is 0 Å². The van der Waals surface area contributed by atoms with Gasteiger partial charge in [-0.1, -0.05) is 12.7 Å². The molecule has 0 heterocycles. The number of allylic oxidation sites excluding steroid dienone is 1. The maximum Gasteiger partial charge on any atom is 0.243 e. The highest BCUT2D eigenvalue weighted by Crippen LogP contribution is 1.97. The highest BCUT2D eigenvalue weighted by atomic mass is 28.2. The van der Waals surface area contributed by atoms with Gasteiger partial charge in [0.25, 0.3) is 0 Å². The summed E-state index contributed by atoms with van der Waals surface area (Å²) in [6, 6.07) is 1.87. The highest BCUT2D eigenvalue weighted by Gasteiger charge is 1.98. The molecule has 0 aliphatic heterocycles. The van der Waals surface area contributed by atoms with Crippen molar-refractivity contribution in [2.24, 2.45) is 5.73 Å². The summed E-state index contributed by atoms with van der Waals surface area (Å²) in [6.07, 6.45) is 1.88. The van der Waals surface area contributed by atoms with E-state index in [9.17, 15) is 4.79 Å². The predicted molar refractivity (Wildman–Crippen MR) is 46.7 cm³/mol. The minimum absolute atomic E-state index is 0.197. The molecule has 0 unspecified atom stereocenters. The summed E-state index contributed by atoms with van der Waals surface area (Å²) in [4.78, 5) is 10.4. The molecule has 2 nitrogen and oxygen atoms in total. The molecule has 0 saturated heterocycles. The number of hydrogen-bond acceptors (Lipinski definition) is 1. The fourth-order valence-corrected chi connectivity index (χ4v) is 1.75. The molecule has 0 aliphatic carbocycles. The number of carbonyl (C=O) groups is 1. The molecule has 3 heteroatoms. The van der Waals surface area contributed by atoms with Crippen LogP contribution >= 0.6 is 0 Å². The molecule has 0 aromatic heterocycles. The van der Waals surface area contributed by atoms with Crippen LogP contribution in [-0.2, 0) is 4.79 Å². The summed E-state index contributed by atoms with van der Waals surface area (Å²) in [5.41, 5.74) is 5.54. The Bertz CT molecular complexity index is 154. The fourth-order valence-electron chi connectivity index (χ4n) is 0.583. The molecule has 0 atom stereocenters. The monoisotopic (exact) mass is 155 g/mol. The Balaban J connectivity index is 3.40. The number of nitrogens with two attached hydrogens (primary N) is 1. The molecule has 56 valence electrons. The third kappa shape index (κ3) is 4.09. The minimum Gasteiger partial charge on any atom is -0.366 e. The topological polar surface area (TPSA) is 43.1 Å². The average molecular weight is 155 g/mol. The molecule has 0 saturated carbocycles. The Morgan fingerprint density at radius 3 is 2.70 bits per heavy atom. The van der Waals surface area contributed by atoms with Gasteiger partial charge in [-0.2, -0.15) is 0 Å². The van der Waals surface area contributed by atoms with Gasteiger partial charge in [-0.25, -0.2) is 0 Å². The van der Waals surface area contributed by atoms with Crippen molar-refractivity contribution in [1.29, 1.82) is 0 Å². The van der Waals surface area contributed by atoms with Crippen molar-refractivity contribution < 1.29 is 4.79 Å². The first kappa shape index (κ1) is 9.17. The zero-order valence-electron chi connectivity index (χ0n) is 6.10. The van der Waals surface area contributed by atoms with Crippen LogP contribution in [-0.4, -0.2) is 15.4 Å². The lowest BCUT2D eigenvalue weighted by Gasteiger charge is -1.96. The second-order valence-electron chi connectivity index (χ2n) is 2.15. The van der Waals surface area contributed by atoms with Crippen molar-refractivity contribution in [3.63, 3.8) is 0 Å². The molecule has 0 bridgehead atoms. The average Bonchev–Trinajstić information content (AvgIpc) is 1.88. The van der Waals surface area contributed by atoms with Gasteiger partial charge >= 0.3 is 0 Å². The second kappa shape index (κ2) is 4.99. The van der Waals surface area contributed by atoms with Gasteiger partial charge in [-0.05, 0) is 12.1 Å². The van der Waals surface area contributed by atoms with Gasteiger partial charge < -0.3 is 5.73 Å². The van der Waals surface area contributed by atoms with Crippen molar-refractivity contribution in [2.45, 2.75) is 12.1 Å². The molecule has 0 spiro atoms. The second-order valence-corrected chi connectivity index (χ2v) is 3.93. The Morgan fingerprint density at radius 1 is 1.70 bits per heavy atom. The van der Waals surface area contributed by atoms with Crippen molar-refractivity contribution in [3.05, 3.63) is 24.8 Å². The standard InChI is InChI=1S/C7H13NOSi/c1-3-4-10-5-6(2)7(8)9/h3H,1-2,4-5,10H2,(H2,8,9). The Morgan fingerprint density at radius 2 is 2.30 bits per heavy atom. The molecule has 0 rings (SSSR count). The molecule has 2 N–H and O–H groups in total. The normalized spacial score (nSPS) is 10.0. The molecule has 0 aromatic rings. The van der Waals surface area contributed by atoms with E-state index in [0.717, 1.165) is 12.1 Å². The van der Waals surface area contributed by atoms with E-state index in [-0.39, 0.29) is 15.4 Å². The van der Waals surface area contributed by atoms with Crippen LogP contribution in [0, 0.1) is 0 Å². The van der Waals surface area contributed by atoms with Gasteiger partial charge in [-0.15, -0.1) is 6.58 Å². The largest absolute Gasteiger partial charge is 0.366 e. The van der Waals surface area contributed by atoms with E-state index in [0.29, 0.717) is 5.57 Å². The summed E-state index contributed by atoms with van der Waals surface area (Å²) >= 11 is 0. The molecule has 0 aromatic carbocycles. The third-order valence-corrected chi connectivity index (χ3v) is 3.01. The Labute approximate surface area is 63.6 Å². The van der Waals surface area contributed by atoms with Crippen molar-refractivity contribution in [1.82, 2.24) is 0 Å². The van der Waals surface area contributed by atoms with E-state index < -0.39 is 0 Å². The molecule has 10 heavy (non-hydrogen) atoms. The summed E-state index contributed by atoms with van der Waals surface area (Å²) in [6.45, 7) is 7.14. The van der Waals surface area contributed by atoms with E-state index in [1.165, 1.54) is 0 Å². The maximum absolute atomic E-state index is 10.4. The van der Waals surface area contributed by atoms with E-state index in [1.807, 2.05) is 6.08 Å². The summed E-state index contributed by atoms with van der Waals surface area (Å²) in [7, 11) is -0.197. The number of primary amides is 1. The van der Waals surface area contributed by atoms with Crippen molar-refractivity contribution in [3.8, 4) is 0 Å². The highest BCUT2D eigenvalue weighted by molar-refractivity contribution is 6.38. The summed E-state index contributed by atoms with van der Waals surface area (Å²) in [5.74, 6) is -0.364. The van der Waals surface area contributed by atoms with Crippen LogP contribution in [0.15, 0.2) is 24.8 Å². The van der Waals surface area contributed by atoms with Crippen LogP contribution in [0.25, 0.3) is 0 Å². The molecule has 1 amide bonds. The first-order valence-electron chi connectivity index (χ1n) is 3.27. The fraction of sp³-hybridized carbons (Fsp3) is 0.286. The Kier molecular flexibility index (Phi) is 4.58. The first-order chi connectivity index (χ1) is 4.68. The first-order valence-corrected chi connectivity index (χ1v) is 5.27. The molecule has 0 fully saturated rings. The van der Waals surface area contributed by atoms with E-state index >= 15 is 0 Å². The van der Waals surface area contributed by atoms with Gasteiger partial charge in [0.2, 0.25) is 5.91 Å². The van der Waals surface area contributed by atoms with E-state index in [2.05, 4.69) is 13.2 Å². The van der Waals surface area contributed by atoms with Crippen LogP contribution in [0.4, 0.5) is 0 Å². The third-order valence-electron chi connectivity index (χ3n) is 1.24. The van der Waals surface area contributed by atoms with Crippen LogP contribution < -0.4 is 5.73 Å². The maximum atomic E-state index is 10.4. The number of carbonyl (C=O) groups excluding carboxylic acids is 1. The van der Waals surface area contributed by atoms with Crippen molar-refractivity contribution in [2.75, 3.05) is 0 Å². The number of rotatable bonds is 5. The SMILES string of the molecule is C=CC[SiH2]CC(=C)C(N)=O. The number of hydrogen-bond donors (Lipinski definition) is 1.